The summed E-state index contributed by atoms with van der Waals surface area (Å²) in [6, 6.07) is 10.4. The summed E-state index contributed by atoms with van der Waals surface area (Å²) in [5.74, 6) is 0.384. The zero-order chi connectivity index (χ0) is 9.31. The van der Waals surface area contributed by atoms with Crippen LogP contribution in [0.25, 0.3) is 0 Å². The minimum Gasteiger partial charge on any atom is -0.364 e. The lowest BCUT2D eigenvalue weighted by Gasteiger charge is -2.16. The van der Waals surface area contributed by atoms with E-state index in [-0.39, 0.29) is 5.60 Å². The van der Waals surface area contributed by atoms with Crippen molar-refractivity contribution in [1.29, 1.82) is 0 Å². The second-order valence-corrected chi connectivity index (χ2v) is 3.57. The summed E-state index contributed by atoms with van der Waals surface area (Å²) in [7, 11) is 0. The highest BCUT2D eigenvalue weighted by atomic mass is 16.6. The number of benzene rings is 1. The molecule has 1 nitrogen and oxygen atoms in total. The maximum Gasteiger partial charge on any atom is 0.122 e. The molecule has 1 heterocycles. The van der Waals surface area contributed by atoms with Gasteiger partial charge in [-0.2, -0.15) is 0 Å². The standard InChI is InChI=1S/C12H14O/c1-3-10(2)12(9-13-12)11-7-5-4-6-8-11/h3-8,10H,1,9H2,2H3. The number of hydrogen-bond acceptors (Lipinski definition) is 1. The van der Waals surface area contributed by atoms with Crippen LogP contribution in [0.15, 0.2) is 43.0 Å². The van der Waals surface area contributed by atoms with Crippen molar-refractivity contribution >= 4 is 0 Å². The van der Waals surface area contributed by atoms with Crippen LogP contribution >= 0.6 is 0 Å². The highest BCUT2D eigenvalue weighted by molar-refractivity contribution is 5.28. The summed E-state index contributed by atoms with van der Waals surface area (Å²) in [5, 5.41) is 0. The minimum atomic E-state index is -0.0665. The molecule has 2 atom stereocenters. The number of rotatable bonds is 3. The van der Waals surface area contributed by atoms with E-state index in [0.29, 0.717) is 5.92 Å². The second-order valence-electron chi connectivity index (χ2n) is 3.57. The first-order valence-corrected chi connectivity index (χ1v) is 4.61. The number of epoxide rings is 1. The first-order chi connectivity index (χ1) is 6.29. The van der Waals surface area contributed by atoms with Gasteiger partial charge in [0.1, 0.15) is 5.60 Å². The average Bonchev–Trinajstić information content (AvgIpc) is 2.99. The molecular weight excluding hydrogens is 160 g/mol. The molecule has 68 valence electrons. The molecule has 1 saturated heterocycles. The summed E-state index contributed by atoms with van der Waals surface area (Å²) in [5.41, 5.74) is 1.20. The van der Waals surface area contributed by atoms with Crippen LogP contribution < -0.4 is 0 Å². The minimum absolute atomic E-state index is 0.0665. The van der Waals surface area contributed by atoms with Crippen LogP contribution in [0.1, 0.15) is 12.5 Å². The molecule has 2 unspecified atom stereocenters. The highest BCUT2D eigenvalue weighted by Gasteiger charge is 2.49. The molecule has 0 amide bonds. The molecule has 0 spiro atoms. The lowest BCUT2D eigenvalue weighted by atomic mass is 9.88. The van der Waals surface area contributed by atoms with E-state index < -0.39 is 0 Å². The topological polar surface area (TPSA) is 12.5 Å². The van der Waals surface area contributed by atoms with Crippen LogP contribution in [0, 0.1) is 5.92 Å². The van der Waals surface area contributed by atoms with Crippen LogP contribution in [-0.4, -0.2) is 6.61 Å². The van der Waals surface area contributed by atoms with Crippen molar-refractivity contribution in [3.63, 3.8) is 0 Å². The van der Waals surface area contributed by atoms with Gasteiger partial charge in [0.05, 0.1) is 6.61 Å². The third-order valence-corrected chi connectivity index (χ3v) is 2.81. The lowest BCUT2D eigenvalue weighted by Crippen LogP contribution is -2.17. The van der Waals surface area contributed by atoms with Gasteiger partial charge in [-0.25, -0.2) is 0 Å². The second kappa shape index (κ2) is 3.00. The number of ether oxygens (including phenoxy) is 1. The Bertz CT molecular complexity index is 298. The molecule has 0 aliphatic carbocycles. The van der Waals surface area contributed by atoms with Crippen LogP contribution in [0.4, 0.5) is 0 Å². The SMILES string of the molecule is C=CC(C)C1(c2ccccc2)CO1. The number of hydrogen-bond donors (Lipinski definition) is 0. The maximum absolute atomic E-state index is 5.56. The summed E-state index contributed by atoms with van der Waals surface area (Å²) in [6.45, 7) is 6.78. The van der Waals surface area contributed by atoms with Crippen molar-refractivity contribution in [2.75, 3.05) is 6.61 Å². The summed E-state index contributed by atoms with van der Waals surface area (Å²) in [4.78, 5) is 0. The average molecular weight is 174 g/mol. The Kier molecular flexibility index (Phi) is 1.97. The molecule has 1 aliphatic heterocycles. The maximum atomic E-state index is 5.56. The van der Waals surface area contributed by atoms with E-state index in [4.69, 9.17) is 4.74 Å². The van der Waals surface area contributed by atoms with Crippen LogP contribution in [0.2, 0.25) is 0 Å². The zero-order valence-electron chi connectivity index (χ0n) is 7.86. The van der Waals surface area contributed by atoms with Crippen LogP contribution in [-0.2, 0) is 10.3 Å². The normalized spacial score (nSPS) is 28.1. The van der Waals surface area contributed by atoms with Crippen molar-refractivity contribution in [1.82, 2.24) is 0 Å². The lowest BCUT2D eigenvalue weighted by molar-refractivity contribution is 0.260. The van der Waals surface area contributed by atoms with Gasteiger partial charge in [-0.1, -0.05) is 43.3 Å². The molecule has 0 radical (unpaired) electrons. The third kappa shape index (κ3) is 1.29. The molecule has 0 saturated carbocycles. The van der Waals surface area contributed by atoms with Crippen molar-refractivity contribution in [2.24, 2.45) is 5.92 Å². The van der Waals surface area contributed by atoms with Crippen molar-refractivity contribution in [3.8, 4) is 0 Å². The van der Waals surface area contributed by atoms with Gasteiger partial charge in [0.15, 0.2) is 0 Å². The predicted octanol–water partition coefficient (Wildman–Crippen LogP) is 2.73. The molecule has 2 rings (SSSR count). The van der Waals surface area contributed by atoms with Gasteiger partial charge in [-0.05, 0) is 5.56 Å². The van der Waals surface area contributed by atoms with Gasteiger partial charge >= 0.3 is 0 Å². The van der Waals surface area contributed by atoms with E-state index in [9.17, 15) is 0 Å². The zero-order valence-corrected chi connectivity index (χ0v) is 7.86. The summed E-state index contributed by atoms with van der Waals surface area (Å²) in [6.07, 6.45) is 1.96. The van der Waals surface area contributed by atoms with Gasteiger partial charge in [-0.3, -0.25) is 0 Å². The quantitative estimate of drug-likeness (QED) is 0.507. The first-order valence-electron chi connectivity index (χ1n) is 4.61. The fourth-order valence-corrected chi connectivity index (χ4v) is 1.68. The molecule has 1 aliphatic rings. The summed E-state index contributed by atoms with van der Waals surface area (Å²) < 4.78 is 5.56. The first kappa shape index (κ1) is 8.52. The van der Waals surface area contributed by atoms with Gasteiger partial charge in [0.2, 0.25) is 0 Å². The fourth-order valence-electron chi connectivity index (χ4n) is 1.68. The van der Waals surface area contributed by atoms with Gasteiger partial charge in [0, 0.05) is 5.92 Å². The van der Waals surface area contributed by atoms with Gasteiger partial charge in [0.25, 0.3) is 0 Å². The molecule has 1 fully saturated rings. The third-order valence-electron chi connectivity index (χ3n) is 2.81. The Hall–Kier alpha value is -1.08. The van der Waals surface area contributed by atoms with Gasteiger partial charge in [-0.15, -0.1) is 6.58 Å². The van der Waals surface area contributed by atoms with E-state index in [0.717, 1.165) is 6.61 Å². The molecule has 0 aromatic heterocycles. The molecular formula is C12H14O. The molecule has 1 heteroatoms. The molecule has 1 aromatic rings. The van der Waals surface area contributed by atoms with E-state index in [2.05, 4.69) is 37.8 Å². The monoisotopic (exact) mass is 174 g/mol. The van der Waals surface area contributed by atoms with Crippen molar-refractivity contribution < 1.29 is 4.74 Å². The Balaban J connectivity index is 2.31. The largest absolute Gasteiger partial charge is 0.364 e. The summed E-state index contributed by atoms with van der Waals surface area (Å²) >= 11 is 0. The molecule has 0 bridgehead atoms. The Morgan fingerprint density at radius 1 is 1.46 bits per heavy atom. The molecule has 0 N–H and O–H groups in total. The van der Waals surface area contributed by atoms with E-state index in [1.54, 1.807) is 0 Å². The Morgan fingerprint density at radius 3 is 2.54 bits per heavy atom. The van der Waals surface area contributed by atoms with E-state index >= 15 is 0 Å². The van der Waals surface area contributed by atoms with Crippen LogP contribution in [0.3, 0.4) is 0 Å². The van der Waals surface area contributed by atoms with Crippen LogP contribution in [0.5, 0.6) is 0 Å². The van der Waals surface area contributed by atoms with Crippen molar-refractivity contribution in [2.45, 2.75) is 12.5 Å². The predicted molar refractivity (Wildman–Crippen MR) is 53.4 cm³/mol. The van der Waals surface area contributed by atoms with Crippen molar-refractivity contribution in [3.05, 3.63) is 48.6 Å². The van der Waals surface area contributed by atoms with E-state index in [1.165, 1.54) is 5.56 Å². The molecule has 1 aromatic carbocycles. The van der Waals surface area contributed by atoms with E-state index in [1.807, 2.05) is 12.1 Å². The molecule has 13 heavy (non-hydrogen) atoms. The fraction of sp³-hybridized carbons (Fsp3) is 0.333. The highest BCUT2D eigenvalue weighted by Crippen LogP contribution is 2.45. The Morgan fingerprint density at radius 2 is 2.08 bits per heavy atom. The Labute approximate surface area is 79.0 Å². The smallest absolute Gasteiger partial charge is 0.122 e. The van der Waals surface area contributed by atoms with Gasteiger partial charge < -0.3 is 4.74 Å².